The molecule has 0 radical (unpaired) electrons. The van der Waals surface area contributed by atoms with Crippen LogP contribution in [0.1, 0.15) is 19.4 Å². The van der Waals surface area contributed by atoms with Crippen LogP contribution in [0.25, 0.3) is 0 Å². The summed E-state index contributed by atoms with van der Waals surface area (Å²) in [6.07, 6.45) is 0.218. The van der Waals surface area contributed by atoms with Gasteiger partial charge in [-0.3, -0.25) is 0 Å². The van der Waals surface area contributed by atoms with Crippen molar-refractivity contribution in [2.24, 2.45) is 0 Å². The highest BCUT2D eigenvalue weighted by Gasteiger charge is 1.99. The standard InChI is InChI=1S/C12H18FNO/c1-3-15-10(2)8-14-9-11-4-6-12(13)7-5-11/h4-7,10,14H,3,8-9H2,1-2H3. The quantitative estimate of drug-likeness (QED) is 0.779. The number of rotatable bonds is 6. The van der Waals surface area contributed by atoms with E-state index in [9.17, 15) is 4.39 Å². The monoisotopic (exact) mass is 211 g/mol. The zero-order valence-electron chi connectivity index (χ0n) is 9.29. The highest BCUT2D eigenvalue weighted by atomic mass is 19.1. The van der Waals surface area contributed by atoms with Crippen LogP contribution in [-0.2, 0) is 11.3 Å². The zero-order chi connectivity index (χ0) is 11.1. The van der Waals surface area contributed by atoms with Crippen molar-refractivity contribution in [3.63, 3.8) is 0 Å². The minimum atomic E-state index is -0.193. The Kier molecular flexibility index (Phi) is 5.29. The fraction of sp³-hybridized carbons (Fsp3) is 0.500. The molecule has 1 N–H and O–H groups in total. The molecular weight excluding hydrogens is 193 g/mol. The van der Waals surface area contributed by atoms with Gasteiger partial charge in [0, 0.05) is 19.7 Å². The lowest BCUT2D eigenvalue weighted by molar-refractivity contribution is 0.0759. The Labute approximate surface area is 90.4 Å². The average Bonchev–Trinajstić information content (AvgIpc) is 2.21. The van der Waals surface area contributed by atoms with E-state index in [-0.39, 0.29) is 11.9 Å². The van der Waals surface area contributed by atoms with Crippen molar-refractivity contribution in [2.45, 2.75) is 26.5 Å². The Hall–Kier alpha value is -0.930. The SMILES string of the molecule is CCOC(C)CNCc1ccc(F)cc1. The molecule has 0 saturated heterocycles. The summed E-state index contributed by atoms with van der Waals surface area (Å²) in [5.41, 5.74) is 1.08. The minimum Gasteiger partial charge on any atom is -0.377 e. The molecular formula is C12H18FNO. The van der Waals surface area contributed by atoms with E-state index in [4.69, 9.17) is 4.74 Å². The van der Waals surface area contributed by atoms with E-state index in [1.165, 1.54) is 12.1 Å². The second kappa shape index (κ2) is 6.53. The predicted octanol–water partition coefficient (Wildman–Crippen LogP) is 2.34. The van der Waals surface area contributed by atoms with Crippen molar-refractivity contribution >= 4 is 0 Å². The molecule has 0 fully saturated rings. The van der Waals surface area contributed by atoms with Gasteiger partial charge < -0.3 is 10.1 Å². The first-order valence-electron chi connectivity index (χ1n) is 5.29. The van der Waals surface area contributed by atoms with E-state index in [1.807, 2.05) is 13.8 Å². The topological polar surface area (TPSA) is 21.3 Å². The van der Waals surface area contributed by atoms with Crippen LogP contribution in [0.4, 0.5) is 4.39 Å². The third-order valence-corrected chi connectivity index (χ3v) is 2.13. The normalized spacial score (nSPS) is 12.7. The molecule has 1 aromatic carbocycles. The number of hydrogen-bond acceptors (Lipinski definition) is 2. The van der Waals surface area contributed by atoms with E-state index in [1.54, 1.807) is 12.1 Å². The van der Waals surface area contributed by atoms with Crippen molar-refractivity contribution in [3.05, 3.63) is 35.6 Å². The first kappa shape index (κ1) is 12.1. The first-order chi connectivity index (χ1) is 7.22. The molecule has 1 aromatic rings. The lowest BCUT2D eigenvalue weighted by Crippen LogP contribution is -2.26. The molecule has 0 saturated carbocycles. The molecule has 0 spiro atoms. The Bertz CT molecular complexity index is 273. The van der Waals surface area contributed by atoms with Gasteiger partial charge >= 0.3 is 0 Å². The number of benzene rings is 1. The van der Waals surface area contributed by atoms with Crippen LogP contribution in [-0.4, -0.2) is 19.3 Å². The lowest BCUT2D eigenvalue weighted by Gasteiger charge is -2.12. The molecule has 1 atom stereocenters. The van der Waals surface area contributed by atoms with Gasteiger partial charge in [0.05, 0.1) is 6.10 Å². The summed E-state index contributed by atoms with van der Waals surface area (Å²) in [4.78, 5) is 0. The molecule has 0 heterocycles. The van der Waals surface area contributed by atoms with Crippen LogP contribution >= 0.6 is 0 Å². The number of nitrogens with one attached hydrogen (secondary N) is 1. The largest absolute Gasteiger partial charge is 0.377 e. The molecule has 84 valence electrons. The van der Waals surface area contributed by atoms with Gasteiger partial charge in [0.25, 0.3) is 0 Å². The van der Waals surface area contributed by atoms with Crippen LogP contribution in [0.5, 0.6) is 0 Å². The van der Waals surface area contributed by atoms with Crippen LogP contribution < -0.4 is 5.32 Å². The Morgan fingerprint density at radius 2 is 2.00 bits per heavy atom. The van der Waals surface area contributed by atoms with Gasteiger partial charge in [0.2, 0.25) is 0 Å². The fourth-order valence-corrected chi connectivity index (χ4v) is 1.37. The van der Waals surface area contributed by atoms with Gasteiger partial charge in [-0.25, -0.2) is 4.39 Å². The van der Waals surface area contributed by atoms with Crippen molar-refractivity contribution in [1.82, 2.24) is 5.32 Å². The Morgan fingerprint density at radius 3 is 2.60 bits per heavy atom. The molecule has 0 aliphatic carbocycles. The van der Waals surface area contributed by atoms with Gasteiger partial charge in [0.1, 0.15) is 5.82 Å². The van der Waals surface area contributed by atoms with Gasteiger partial charge in [-0.1, -0.05) is 12.1 Å². The first-order valence-corrected chi connectivity index (χ1v) is 5.29. The highest BCUT2D eigenvalue weighted by molar-refractivity contribution is 5.15. The summed E-state index contributed by atoms with van der Waals surface area (Å²) in [5.74, 6) is -0.193. The molecule has 0 aliphatic rings. The second-order valence-electron chi connectivity index (χ2n) is 3.52. The molecule has 1 rings (SSSR count). The number of halogens is 1. The van der Waals surface area contributed by atoms with E-state index >= 15 is 0 Å². The molecule has 1 unspecified atom stereocenters. The van der Waals surface area contributed by atoms with Crippen molar-refractivity contribution in [3.8, 4) is 0 Å². The van der Waals surface area contributed by atoms with Crippen molar-refractivity contribution < 1.29 is 9.13 Å². The molecule has 0 amide bonds. The molecule has 0 bridgehead atoms. The molecule has 2 nitrogen and oxygen atoms in total. The Balaban J connectivity index is 2.22. The molecule has 0 aliphatic heterocycles. The summed E-state index contributed by atoms with van der Waals surface area (Å²) in [6.45, 7) is 6.31. The fourth-order valence-electron chi connectivity index (χ4n) is 1.37. The minimum absolute atomic E-state index is 0.193. The molecule has 15 heavy (non-hydrogen) atoms. The summed E-state index contributed by atoms with van der Waals surface area (Å²) in [7, 11) is 0. The summed E-state index contributed by atoms with van der Waals surface area (Å²) in [6, 6.07) is 6.52. The van der Waals surface area contributed by atoms with Gasteiger partial charge in [-0.15, -0.1) is 0 Å². The maximum Gasteiger partial charge on any atom is 0.123 e. The van der Waals surface area contributed by atoms with Crippen LogP contribution in [0.2, 0.25) is 0 Å². The molecule has 0 aromatic heterocycles. The van der Waals surface area contributed by atoms with E-state index in [0.29, 0.717) is 0 Å². The summed E-state index contributed by atoms with van der Waals surface area (Å²) >= 11 is 0. The lowest BCUT2D eigenvalue weighted by atomic mass is 10.2. The third-order valence-electron chi connectivity index (χ3n) is 2.13. The second-order valence-corrected chi connectivity index (χ2v) is 3.52. The van der Waals surface area contributed by atoms with Crippen molar-refractivity contribution in [2.75, 3.05) is 13.2 Å². The molecule has 3 heteroatoms. The smallest absolute Gasteiger partial charge is 0.123 e. The third kappa shape index (κ3) is 4.91. The van der Waals surface area contributed by atoms with Crippen LogP contribution in [0.15, 0.2) is 24.3 Å². The summed E-state index contributed by atoms with van der Waals surface area (Å²) in [5, 5.41) is 3.26. The van der Waals surface area contributed by atoms with Crippen LogP contribution in [0, 0.1) is 5.82 Å². The van der Waals surface area contributed by atoms with Gasteiger partial charge in [-0.05, 0) is 31.5 Å². The number of hydrogen-bond donors (Lipinski definition) is 1. The van der Waals surface area contributed by atoms with Crippen molar-refractivity contribution in [1.29, 1.82) is 0 Å². The average molecular weight is 211 g/mol. The van der Waals surface area contributed by atoms with E-state index < -0.39 is 0 Å². The maximum absolute atomic E-state index is 12.6. The van der Waals surface area contributed by atoms with E-state index in [2.05, 4.69) is 5.32 Å². The van der Waals surface area contributed by atoms with Crippen LogP contribution in [0.3, 0.4) is 0 Å². The van der Waals surface area contributed by atoms with E-state index in [0.717, 1.165) is 25.3 Å². The Morgan fingerprint density at radius 1 is 1.33 bits per heavy atom. The summed E-state index contributed by atoms with van der Waals surface area (Å²) < 4.78 is 18.0. The van der Waals surface area contributed by atoms with Gasteiger partial charge in [0.15, 0.2) is 0 Å². The van der Waals surface area contributed by atoms with Gasteiger partial charge in [-0.2, -0.15) is 0 Å². The number of ether oxygens (including phenoxy) is 1. The highest BCUT2D eigenvalue weighted by Crippen LogP contribution is 2.02. The predicted molar refractivity (Wildman–Crippen MR) is 59.2 cm³/mol. The maximum atomic E-state index is 12.6. The zero-order valence-corrected chi connectivity index (χ0v) is 9.29.